The third kappa shape index (κ3) is 3.44. The van der Waals surface area contributed by atoms with E-state index in [9.17, 15) is 4.79 Å². The van der Waals surface area contributed by atoms with Gasteiger partial charge in [-0.15, -0.1) is 10.2 Å². The van der Waals surface area contributed by atoms with Crippen molar-refractivity contribution in [1.82, 2.24) is 20.1 Å². The smallest absolute Gasteiger partial charge is 0.231 e. The SMILES string of the molecule is C[C@@H](NC(=O)CSc1nnc(C2CC2)n1C)c1ccc2c(c1)OCO2. The van der Waals surface area contributed by atoms with Gasteiger partial charge in [0.2, 0.25) is 12.7 Å². The highest BCUT2D eigenvalue weighted by atomic mass is 32.2. The van der Waals surface area contributed by atoms with Gasteiger partial charge in [0.15, 0.2) is 16.7 Å². The van der Waals surface area contributed by atoms with Gasteiger partial charge in [-0.25, -0.2) is 0 Å². The summed E-state index contributed by atoms with van der Waals surface area (Å²) in [5.74, 6) is 3.31. The molecule has 2 aliphatic rings. The molecular formula is C17H20N4O3S. The predicted molar refractivity (Wildman–Crippen MR) is 92.8 cm³/mol. The summed E-state index contributed by atoms with van der Waals surface area (Å²) in [4.78, 5) is 12.3. The molecule has 2 heterocycles. The van der Waals surface area contributed by atoms with Gasteiger partial charge in [-0.3, -0.25) is 4.79 Å². The fourth-order valence-electron chi connectivity index (χ4n) is 2.83. The van der Waals surface area contributed by atoms with Gasteiger partial charge in [-0.1, -0.05) is 17.8 Å². The number of ether oxygens (including phenoxy) is 2. The zero-order valence-corrected chi connectivity index (χ0v) is 15.0. The van der Waals surface area contributed by atoms with Gasteiger partial charge in [0, 0.05) is 13.0 Å². The number of hydrogen-bond donors (Lipinski definition) is 1. The van der Waals surface area contributed by atoms with E-state index in [0.717, 1.165) is 28.0 Å². The first-order valence-corrected chi connectivity index (χ1v) is 9.31. The molecule has 0 unspecified atom stereocenters. The van der Waals surface area contributed by atoms with E-state index >= 15 is 0 Å². The number of hydrogen-bond acceptors (Lipinski definition) is 6. The third-order valence-electron chi connectivity index (χ3n) is 4.42. The number of amides is 1. The maximum atomic E-state index is 12.3. The molecule has 0 spiro atoms. The Morgan fingerprint density at radius 3 is 2.96 bits per heavy atom. The van der Waals surface area contributed by atoms with Crippen LogP contribution < -0.4 is 14.8 Å². The van der Waals surface area contributed by atoms with Crippen LogP contribution in [0.15, 0.2) is 23.4 Å². The van der Waals surface area contributed by atoms with Crippen LogP contribution in [0.3, 0.4) is 0 Å². The highest BCUT2D eigenvalue weighted by molar-refractivity contribution is 7.99. The van der Waals surface area contributed by atoms with Crippen LogP contribution in [0, 0.1) is 0 Å². The maximum absolute atomic E-state index is 12.3. The summed E-state index contributed by atoms with van der Waals surface area (Å²) in [6.45, 7) is 2.20. The number of rotatable bonds is 6. The van der Waals surface area contributed by atoms with Gasteiger partial charge in [0.25, 0.3) is 0 Å². The van der Waals surface area contributed by atoms with Crippen LogP contribution in [0.4, 0.5) is 0 Å². The Morgan fingerprint density at radius 2 is 2.16 bits per heavy atom. The lowest BCUT2D eigenvalue weighted by Crippen LogP contribution is -2.28. The van der Waals surface area contributed by atoms with Crippen molar-refractivity contribution < 1.29 is 14.3 Å². The molecule has 4 rings (SSSR count). The van der Waals surface area contributed by atoms with Crippen molar-refractivity contribution >= 4 is 17.7 Å². The predicted octanol–water partition coefficient (Wildman–Crippen LogP) is 2.39. The summed E-state index contributed by atoms with van der Waals surface area (Å²) in [5, 5.41) is 12.2. The second kappa shape index (κ2) is 6.59. The summed E-state index contributed by atoms with van der Waals surface area (Å²) in [6.07, 6.45) is 2.37. The minimum Gasteiger partial charge on any atom is -0.454 e. The van der Waals surface area contributed by atoms with Crippen LogP contribution in [0.5, 0.6) is 11.5 Å². The molecule has 1 N–H and O–H groups in total. The first-order valence-electron chi connectivity index (χ1n) is 8.33. The van der Waals surface area contributed by atoms with Crippen molar-refractivity contribution in [2.45, 2.75) is 36.9 Å². The third-order valence-corrected chi connectivity index (χ3v) is 5.44. The Balaban J connectivity index is 1.32. The van der Waals surface area contributed by atoms with Crippen LogP contribution in [0.25, 0.3) is 0 Å². The Bertz CT molecular complexity index is 803. The molecule has 7 nitrogen and oxygen atoms in total. The Labute approximate surface area is 150 Å². The van der Waals surface area contributed by atoms with E-state index in [4.69, 9.17) is 9.47 Å². The monoisotopic (exact) mass is 360 g/mol. The van der Waals surface area contributed by atoms with Crippen molar-refractivity contribution in [1.29, 1.82) is 0 Å². The molecule has 1 saturated carbocycles. The number of aromatic nitrogens is 3. The van der Waals surface area contributed by atoms with Gasteiger partial charge in [-0.2, -0.15) is 0 Å². The van der Waals surface area contributed by atoms with Crippen LogP contribution in [0.2, 0.25) is 0 Å². The minimum absolute atomic E-state index is 0.0360. The lowest BCUT2D eigenvalue weighted by molar-refractivity contribution is -0.119. The molecule has 2 aromatic rings. The molecule has 1 aliphatic heterocycles. The number of nitrogens with zero attached hydrogens (tertiary/aromatic N) is 3. The zero-order chi connectivity index (χ0) is 17.4. The van der Waals surface area contributed by atoms with Crippen molar-refractivity contribution in [3.05, 3.63) is 29.6 Å². The van der Waals surface area contributed by atoms with Gasteiger partial charge in [0.05, 0.1) is 11.8 Å². The first kappa shape index (κ1) is 16.3. The molecule has 1 fully saturated rings. The van der Waals surface area contributed by atoms with Crippen molar-refractivity contribution in [3.8, 4) is 11.5 Å². The van der Waals surface area contributed by atoms with Crippen LogP contribution >= 0.6 is 11.8 Å². The molecule has 132 valence electrons. The maximum Gasteiger partial charge on any atom is 0.231 e. The quantitative estimate of drug-likeness (QED) is 0.797. The molecule has 1 aromatic heterocycles. The summed E-state index contributed by atoms with van der Waals surface area (Å²) in [6, 6.07) is 5.61. The van der Waals surface area contributed by atoms with E-state index in [1.807, 2.05) is 36.7 Å². The second-order valence-electron chi connectivity index (χ2n) is 6.36. The summed E-state index contributed by atoms with van der Waals surface area (Å²) < 4.78 is 12.7. The average molecular weight is 360 g/mol. The molecule has 1 aromatic carbocycles. The molecule has 1 aliphatic carbocycles. The fraction of sp³-hybridized carbons (Fsp3) is 0.471. The number of benzene rings is 1. The minimum atomic E-state index is -0.107. The normalized spacial score (nSPS) is 16.7. The van der Waals surface area contributed by atoms with Crippen molar-refractivity contribution in [3.63, 3.8) is 0 Å². The number of carbonyl (C=O) groups excluding carboxylic acids is 1. The van der Waals surface area contributed by atoms with Crippen LogP contribution in [-0.4, -0.2) is 33.2 Å². The summed E-state index contributed by atoms with van der Waals surface area (Å²) in [5.41, 5.74) is 0.984. The molecule has 25 heavy (non-hydrogen) atoms. The second-order valence-corrected chi connectivity index (χ2v) is 7.31. The van der Waals surface area contributed by atoms with E-state index in [2.05, 4.69) is 15.5 Å². The number of nitrogens with one attached hydrogen (secondary N) is 1. The lowest BCUT2D eigenvalue weighted by Gasteiger charge is -2.14. The van der Waals surface area contributed by atoms with Crippen molar-refractivity contribution in [2.24, 2.45) is 7.05 Å². The highest BCUT2D eigenvalue weighted by Gasteiger charge is 2.29. The molecule has 1 atom stereocenters. The molecule has 8 heteroatoms. The number of fused-ring (bicyclic) bond motifs is 1. The lowest BCUT2D eigenvalue weighted by atomic mass is 10.1. The van der Waals surface area contributed by atoms with E-state index in [-0.39, 0.29) is 18.7 Å². The van der Waals surface area contributed by atoms with E-state index in [1.54, 1.807) is 0 Å². The van der Waals surface area contributed by atoms with Crippen LogP contribution in [0.1, 0.15) is 43.1 Å². The average Bonchev–Trinajstić information content (AvgIpc) is 3.21. The number of carbonyl (C=O) groups is 1. The van der Waals surface area contributed by atoms with Gasteiger partial charge >= 0.3 is 0 Å². The Morgan fingerprint density at radius 1 is 1.36 bits per heavy atom. The standard InChI is InChI=1S/C17H20N4O3S/c1-10(12-5-6-13-14(7-12)24-9-23-13)18-15(22)8-25-17-20-19-16(21(17)2)11-3-4-11/h5-7,10-11H,3-4,8-9H2,1-2H3,(H,18,22)/t10-/m1/s1. The molecule has 0 saturated heterocycles. The number of thioether (sulfide) groups is 1. The highest BCUT2D eigenvalue weighted by Crippen LogP contribution is 2.39. The summed E-state index contributed by atoms with van der Waals surface area (Å²) >= 11 is 1.41. The van der Waals surface area contributed by atoms with Gasteiger partial charge in [0.1, 0.15) is 5.82 Å². The summed E-state index contributed by atoms with van der Waals surface area (Å²) in [7, 11) is 1.96. The Hall–Kier alpha value is -2.22. The topological polar surface area (TPSA) is 78.3 Å². The fourth-order valence-corrected chi connectivity index (χ4v) is 3.56. The van der Waals surface area contributed by atoms with E-state index in [0.29, 0.717) is 11.7 Å². The molecule has 0 radical (unpaired) electrons. The van der Waals surface area contributed by atoms with Crippen LogP contribution in [-0.2, 0) is 11.8 Å². The first-order chi connectivity index (χ1) is 12.1. The van der Waals surface area contributed by atoms with E-state index < -0.39 is 0 Å². The van der Waals surface area contributed by atoms with Gasteiger partial charge < -0.3 is 19.4 Å². The Kier molecular flexibility index (Phi) is 4.29. The van der Waals surface area contributed by atoms with E-state index in [1.165, 1.54) is 24.6 Å². The largest absolute Gasteiger partial charge is 0.454 e. The zero-order valence-electron chi connectivity index (χ0n) is 14.2. The molecular weight excluding hydrogens is 340 g/mol. The van der Waals surface area contributed by atoms with Gasteiger partial charge in [-0.05, 0) is 37.5 Å². The van der Waals surface area contributed by atoms with Crippen molar-refractivity contribution in [2.75, 3.05) is 12.5 Å². The molecule has 1 amide bonds. The molecule has 0 bridgehead atoms.